The Morgan fingerprint density at radius 3 is 2.52 bits per heavy atom. The standard InChI is InChI=1S/C22H28N2O3/c1-14-19-17(6-5-7-18(19)25)24-20(14)21(26)23-12-13-27-16-10-8-15(9-11-16)22(2,3)4/h8-11,24H,5-7,12-13H2,1-4H3,(H,23,26). The second-order valence-electron chi connectivity index (χ2n) is 8.13. The predicted octanol–water partition coefficient (Wildman–Crippen LogP) is 3.95. The van der Waals surface area contributed by atoms with Gasteiger partial charge in [0.1, 0.15) is 18.1 Å². The summed E-state index contributed by atoms with van der Waals surface area (Å²) < 4.78 is 5.71. The second-order valence-corrected chi connectivity index (χ2v) is 8.13. The minimum absolute atomic E-state index is 0.112. The fourth-order valence-electron chi connectivity index (χ4n) is 3.47. The smallest absolute Gasteiger partial charge is 0.268 e. The van der Waals surface area contributed by atoms with Crippen molar-refractivity contribution in [1.82, 2.24) is 10.3 Å². The molecule has 1 heterocycles. The summed E-state index contributed by atoms with van der Waals surface area (Å²) in [6, 6.07) is 8.05. The lowest BCUT2D eigenvalue weighted by molar-refractivity contribution is 0.0941. The molecule has 0 radical (unpaired) electrons. The first-order chi connectivity index (χ1) is 12.8. The number of fused-ring (bicyclic) bond motifs is 1. The first kappa shape index (κ1) is 19.2. The fourth-order valence-corrected chi connectivity index (χ4v) is 3.47. The van der Waals surface area contributed by atoms with Gasteiger partial charge in [-0.2, -0.15) is 0 Å². The van der Waals surface area contributed by atoms with Crippen LogP contribution in [0.3, 0.4) is 0 Å². The Hall–Kier alpha value is -2.56. The number of hydrogen-bond acceptors (Lipinski definition) is 3. The summed E-state index contributed by atoms with van der Waals surface area (Å²) in [5.74, 6) is 0.724. The molecule has 5 heteroatoms. The van der Waals surface area contributed by atoms with Gasteiger partial charge in [-0.1, -0.05) is 32.9 Å². The number of carbonyl (C=O) groups excluding carboxylic acids is 2. The SMILES string of the molecule is Cc1c(C(=O)NCCOc2ccc(C(C)(C)C)cc2)[nH]c2c1C(=O)CCC2. The first-order valence-corrected chi connectivity index (χ1v) is 9.53. The van der Waals surface area contributed by atoms with Gasteiger partial charge in [0.05, 0.1) is 6.54 Å². The Labute approximate surface area is 160 Å². The Morgan fingerprint density at radius 1 is 1.19 bits per heavy atom. The molecule has 0 bridgehead atoms. The fraction of sp³-hybridized carbons (Fsp3) is 0.455. The van der Waals surface area contributed by atoms with Crippen molar-refractivity contribution in [2.45, 2.75) is 52.4 Å². The molecule has 0 fully saturated rings. The molecule has 1 amide bonds. The van der Waals surface area contributed by atoms with Crippen LogP contribution in [0, 0.1) is 6.92 Å². The van der Waals surface area contributed by atoms with E-state index in [2.05, 4.69) is 43.2 Å². The van der Waals surface area contributed by atoms with E-state index in [1.807, 2.05) is 19.1 Å². The van der Waals surface area contributed by atoms with E-state index in [0.717, 1.165) is 29.8 Å². The Bertz CT molecular complexity index is 842. The number of carbonyl (C=O) groups is 2. The molecule has 0 unspecified atom stereocenters. The molecular formula is C22H28N2O3. The monoisotopic (exact) mass is 368 g/mol. The molecule has 0 spiro atoms. The molecule has 0 aliphatic heterocycles. The van der Waals surface area contributed by atoms with E-state index in [4.69, 9.17) is 4.74 Å². The molecule has 1 aliphatic rings. The van der Waals surface area contributed by atoms with Crippen LogP contribution in [0.25, 0.3) is 0 Å². The van der Waals surface area contributed by atoms with E-state index in [1.165, 1.54) is 5.56 Å². The second kappa shape index (κ2) is 7.59. The maximum Gasteiger partial charge on any atom is 0.268 e. The summed E-state index contributed by atoms with van der Waals surface area (Å²) in [5.41, 5.74) is 4.21. The largest absolute Gasteiger partial charge is 0.492 e. The lowest BCUT2D eigenvalue weighted by atomic mass is 9.87. The maximum absolute atomic E-state index is 12.4. The molecule has 144 valence electrons. The quantitative estimate of drug-likeness (QED) is 0.785. The van der Waals surface area contributed by atoms with Gasteiger partial charge in [-0.15, -0.1) is 0 Å². The number of ketones is 1. The third-order valence-corrected chi connectivity index (χ3v) is 5.04. The lowest BCUT2D eigenvalue weighted by Gasteiger charge is -2.19. The highest BCUT2D eigenvalue weighted by Crippen LogP contribution is 2.26. The number of nitrogens with one attached hydrogen (secondary N) is 2. The summed E-state index contributed by atoms with van der Waals surface area (Å²) in [7, 11) is 0. The number of amides is 1. The lowest BCUT2D eigenvalue weighted by Crippen LogP contribution is -2.29. The Kier molecular flexibility index (Phi) is 5.40. The highest BCUT2D eigenvalue weighted by molar-refractivity contribution is 6.04. The van der Waals surface area contributed by atoms with Gasteiger partial charge in [-0.3, -0.25) is 9.59 Å². The van der Waals surface area contributed by atoms with Gasteiger partial charge in [-0.05, 0) is 48.4 Å². The van der Waals surface area contributed by atoms with E-state index >= 15 is 0 Å². The number of rotatable bonds is 5. The number of aromatic amines is 1. The van der Waals surface area contributed by atoms with E-state index in [0.29, 0.717) is 30.8 Å². The Balaban J connectivity index is 1.53. The number of benzene rings is 1. The number of H-pyrrole nitrogens is 1. The molecule has 0 saturated heterocycles. The molecular weight excluding hydrogens is 340 g/mol. The Morgan fingerprint density at radius 2 is 1.89 bits per heavy atom. The average Bonchev–Trinajstić information content (AvgIpc) is 2.96. The highest BCUT2D eigenvalue weighted by Gasteiger charge is 2.26. The molecule has 2 N–H and O–H groups in total. The van der Waals surface area contributed by atoms with Gasteiger partial charge in [0.2, 0.25) is 0 Å². The van der Waals surface area contributed by atoms with Crippen molar-refractivity contribution >= 4 is 11.7 Å². The normalized spacial score (nSPS) is 14.0. The number of ether oxygens (including phenoxy) is 1. The molecule has 5 nitrogen and oxygen atoms in total. The van der Waals surface area contributed by atoms with E-state index in [-0.39, 0.29) is 17.1 Å². The number of hydrogen-bond donors (Lipinski definition) is 2. The maximum atomic E-state index is 12.4. The van der Waals surface area contributed by atoms with Crippen LogP contribution in [-0.4, -0.2) is 29.8 Å². The summed E-state index contributed by atoms with van der Waals surface area (Å²) in [6.45, 7) is 9.14. The van der Waals surface area contributed by atoms with Gasteiger partial charge in [0, 0.05) is 17.7 Å². The van der Waals surface area contributed by atoms with Crippen LogP contribution in [0.5, 0.6) is 5.75 Å². The molecule has 27 heavy (non-hydrogen) atoms. The third kappa shape index (κ3) is 4.24. The van der Waals surface area contributed by atoms with E-state index in [1.54, 1.807) is 0 Å². The third-order valence-electron chi connectivity index (χ3n) is 5.04. The van der Waals surface area contributed by atoms with Crippen LogP contribution < -0.4 is 10.1 Å². The van der Waals surface area contributed by atoms with Crippen LogP contribution in [-0.2, 0) is 11.8 Å². The van der Waals surface area contributed by atoms with Crippen molar-refractivity contribution in [3.05, 3.63) is 52.3 Å². The topological polar surface area (TPSA) is 71.2 Å². The average molecular weight is 368 g/mol. The van der Waals surface area contributed by atoms with Crippen molar-refractivity contribution < 1.29 is 14.3 Å². The molecule has 0 saturated carbocycles. The van der Waals surface area contributed by atoms with Gasteiger partial charge in [0.15, 0.2) is 5.78 Å². The molecule has 0 atom stereocenters. The zero-order chi connectivity index (χ0) is 19.6. The van der Waals surface area contributed by atoms with Crippen molar-refractivity contribution in [2.75, 3.05) is 13.2 Å². The molecule has 2 aromatic rings. The van der Waals surface area contributed by atoms with Crippen molar-refractivity contribution in [3.8, 4) is 5.75 Å². The van der Waals surface area contributed by atoms with Crippen LogP contribution in [0.2, 0.25) is 0 Å². The van der Waals surface area contributed by atoms with Crippen molar-refractivity contribution in [2.24, 2.45) is 0 Å². The summed E-state index contributed by atoms with van der Waals surface area (Å²) in [6.07, 6.45) is 2.23. The van der Waals surface area contributed by atoms with Gasteiger partial charge in [-0.25, -0.2) is 0 Å². The minimum atomic E-state index is -0.193. The molecule has 1 aliphatic carbocycles. The minimum Gasteiger partial charge on any atom is -0.492 e. The predicted molar refractivity (Wildman–Crippen MR) is 106 cm³/mol. The summed E-state index contributed by atoms with van der Waals surface area (Å²) in [5, 5.41) is 2.86. The van der Waals surface area contributed by atoms with Crippen molar-refractivity contribution in [1.29, 1.82) is 0 Å². The number of Topliss-reactive ketones (excluding diaryl/α,β-unsaturated/α-hetero) is 1. The summed E-state index contributed by atoms with van der Waals surface area (Å²) in [4.78, 5) is 27.7. The van der Waals surface area contributed by atoms with Gasteiger partial charge >= 0.3 is 0 Å². The van der Waals surface area contributed by atoms with Gasteiger partial charge in [0.25, 0.3) is 5.91 Å². The zero-order valence-electron chi connectivity index (χ0n) is 16.6. The summed E-state index contributed by atoms with van der Waals surface area (Å²) >= 11 is 0. The number of aromatic nitrogens is 1. The molecule has 1 aromatic carbocycles. The molecule has 1 aromatic heterocycles. The van der Waals surface area contributed by atoms with Gasteiger partial charge < -0.3 is 15.0 Å². The highest BCUT2D eigenvalue weighted by atomic mass is 16.5. The number of aryl methyl sites for hydroxylation is 1. The van der Waals surface area contributed by atoms with E-state index < -0.39 is 0 Å². The van der Waals surface area contributed by atoms with Crippen LogP contribution in [0.15, 0.2) is 24.3 Å². The molecule has 3 rings (SSSR count). The zero-order valence-corrected chi connectivity index (χ0v) is 16.6. The van der Waals surface area contributed by atoms with Crippen molar-refractivity contribution in [3.63, 3.8) is 0 Å². The van der Waals surface area contributed by atoms with E-state index in [9.17, 15) is 9.59 Å². The first-order valence-electron chi connectivity index (χ1n) is 9.53. The van der Waals surface area contributed by atoms with Crippen LogP contribution in [0.4, 0.5) is 0 Å². The van der Waals surface area contributed by atoms with Crippen LogP contribution >= 0.6 is 0 Å². The van der Waals surface area contributed by atoms with Crippen LogP contribution in [0.1, 0.15) is 71.3 Å².